The third-order valence-corrected chi connectivity index (χ3v) is 3.46. The molecule has 0 aliphatic heterocycles. The van der Waals surface area contributed by atoms with Gasteiger partial charge in [-0.05, 0) is 21.8 Å². The molecule has 0 saturated carbocycles. The van der Waals surface area contributed by atoms with Crippen LogP contribution in [0.2, 0.25) is 0 Å². The van der Waals surface area contributed by atoms with Gasteiger partial charge in [0.1, 0.15) is 0 Å². The summed E-state index contributed by atoms with van der Waals surface area (Å²) >= 11 is 3.33. The Labute approximate surface area is 130 Å². The molecule has 4 nitrogen and oxygen atoms in total. The largest absolute Gasteiger partial charge is 0.353 e. The first kappa shape index (κ1) is 16.9. The van der Waals surface area contributed by atoms with Gasteiger partial charge >= 0.3 is 0 Å². The molecule has 0 fully saturated rings. The van der Waals surface area contributed by atoms with Crippen LogP contribution in [-0.4, -0.2) is 40.5 Å². The van der Waals surface area contributed by atoms with Crippen LogP contribution in [-0.2, 0) is 0 Å². The Kier molecular flexibility index (Phi) is 7.47. The lowest BCUT2D eigenvalue weighted by atomic mass is 10.0. The minimum Gasteiger partial charge on any atom is -0.353 e. The molecule has 1 aromatic heterocycles. The second-order valence-electron chi connectivity index (χ2n) is 4.95. The average molecular weight is 339 g/mol. The van der Waals surface area contributed by atoms with Gasteiger partial charge in [-0.3, -0.25) is 4.90 Å². The van der Waals surface area contributed by atoms with Crippen molar-refractivity contribution in [1.82, 2.24) is 14.9 Å². The number of rotatable bonds is 9. The Hall–Kier alpha value is -1.20. The van der Waals surface area contributed by atoms with E-state index in [4.69, 9.17) is 0 Å². The van der Waals surface area contributed by atoms with E-state index in [1.54, 1.807) is 12.4 Å². The molecule has 0 spiro atoms. The van der Waals surface area contributed by atoms with Crippen LogP contribution in [0.15, 0.2) is 42.2 Å². The summed E-state index contributed by atoms with van der Waals surface area (Å²) in [6, 6.07) is 0.373. The van der Waals surface area contributed by atoms with Crippen molar-refractivity contribution in [2.24, 2.45) is 5.92 Å². The first-order valence-corrected chi connectivity index (χ1v) is 7.55. The average Bonchev–Trinajstić information content (AvgIpc) is 2.41. The van der Waals surface area contributed by atoms with Crippen molar-refractivity contribution in [3.63, 3.8) is 0 Å². The Morgan fingerprint density at radius 2 is 1.80 bits per heavy atom. The molecule has 0 bridgehead atoms. The molecular weight excluding hydrogens is 316 g/mol. The van der Waals surface area contributed by atoms with Crippen LogP contribution in [0.5, 0.6) is 0 Å². The van der Waals surface area contributed by atoms with Gasteiger partial charge in [0.15, 0.2) is 0 Å². The molecule has 0 saturated heterocycles. The molecule has 1 atom stereocenters. The molecule has 1 N–H and O–H groups in total. The molecule has 1 rings (SSSR count). The lowest BCUT2D eigenvalue weighted by Crippen LogP contribution is -2.44. The summed E-state index contributed by atoms with van der Waals surface area (Å²) in [5.41, 5.74) is 0. The first-order chi connectivity index (χ1) is 9.58. The van der Waals surface area contributed by atoms with E-state index in [0.717, 1.165) is 24.1 Å². The van der Waals surface area contributed by atoms with Crippen molar-refractivity contribution in [3.8, 4) is 0 Å². The highest BCUT2D eigenvalue weighted by Crippen LogP contribution is 2.13. The summed E-state index contributed by atoms with van der Waals surface area (Å²) in [6.45, 7) is 14.6. The predicted octanol–water partition coefficient (Wildman–Crippen LogP) is 3.35. The molecule has 110 valence electrons. The van der Waals surface area contributed by atoms with E-state index >= 15 is 0 Å². The number of hydrogen-bond acceptors (Lipinski definition) is 4. The number of nitrogens with one attached hydrogen (secondary N) is 1. The minimum atomic E-state index is 0.373. The third kappa shape index (κ3) is 5.43. The molecule has 0 aliphatic rings. The van der Waals surface area contributed by atoms with Crippen molar-refractivity contribution in [2.75, 3.05) is 25.0 Å². The molecular formula is C15H23BrN4. The van der Waals surface area contributed by atoms with Gasteiger partial charge in [-0.2, -0.15) is 0 Å². The van der Waals surface area contributed by atoms with Crippen molar-refractivity contribution in [1.29, 1.82) is 0 Å². The van der Waals surface area contributed by atoms with Gasteiger partial charge in [0.2, 0.25) is 5.95 Å². The van der Waals surface area contributed by atoms with Crippen LogP contribution in [0.4, 0.5) is 5.95 Å². The summed E-state index contributed by atoms with van der Waals surface area (Å²) in [6.07, 6.45) is 7.33. The Morgan fingerprint density at radius 3 is 2.25 bits per heavy atom. The summed E-state index contributed by atoms with van der Waals surface area (Å²) < 4.78 is 0.878. The highest BCUT2D eigenvalue weighted by atomic mass is 79.9. The minimum absolute atomic E-state index is 0.373. The maximum Gasteiger partial charge on any atom is 0.222 e. The summed E-state index contributed by atoms with van der Waals surface area (Å²) in [4.78, 5) is 10.8. The van der Waals surface area contributed by atoms with E-state index in [2.05, 4.69) is 63.1 Å². The lowest BCUT2D eigenvalue weighted by Gasteiger charge is -2.33. The zero-order valence-electron chi connectivity index (χ0n) is 12.2. The van der Waals surface area contributed by atoms with Gasteiger partial charge < -0.3 is 5.32 Å². The quantitative estimate of drug-likeness (QED) is 0.701. The van der Waals surface area contributed by atoms with Gasteiger partial charge in [0.05, 0.1) is 4.47 Å². The van der Waals surface area contributed by atoms with E-state index in [0.29, 0.717) is 17.9 Å². The van der Waals surface area contributed by atoms with Crippen molar-refractivity contribution in [2.45, 2.75) is 19.9 Å². The number of anilines is 1. The smallest absolute Gasteiger partial charge is 0.222 e. The predicted molar refractivity (Wildman–Crippen MR) is 88.8 cm³/mol. The topological polar surface area (TPSA) is 41.0 Å². The van der Waals surface area contributed by atoms with E-state index in [-0.39, 0.29) is 0 Å². The fourth-order valence-electron chi connectivity index (χ4n) is 2.06. The normalized spacial score (nSPS) is 12.4. The molecule has 0 aliphatic carbocycles. The molecule has 0 aromatic carbocycles. The number of aromatic nitrogens is 2. The summed E-state index contributed by atoms with van der Waals surface area (Å²) in [5.74, 6) is 1.16. The van der Waals surface area contributed by atoms with E-state index in [1.807, 2.05) is 12.2 Å². The number of nitrogens with zero attached hydrogens (tertiary/aromatic N) is 3. The molecule has 1 unspecified atom stereocenters. The van der Waals surface area contributed by atoms with E-state index in [9.17, 15) is 0 Å². The Balaban J connectivity index is 2.67. The Bertz CT molecular complexity index is 406. The van der Waals surface area contributed by atoms with Crippen molar-refractivity contribution >= 4 is 21.9 Å². The van der Waals surface area contributed by atoms with E-state index < -0.39 is 0 Å². The summed E-state index contributed by atoms with van der Waals surface area (Å²) in [5, 5.41) is 3.30. The third-order valence-electron chi connectivity index (χ3n) is 3.06. The second kappa shape index (κ2) is 8.87. The van der Waals surface area contributed by atoms with Crippen LogP contribution in [0.1, 0.15) is 13.8 Å². The molecule has 0 radical (unpaired) electrons. The van der Waals surface area contributed by atoms with Crippen LogP contribution in [0.3, 0.4) is 0 Å². The monoisotopic (exact) mass is 338 g/mol. The molecule has 0 amide bonds. The van der Waals surface area contributed by atoms with Crippen LogP contribution in [0.25, 0.3) is 0 Å². The van der Waals surface area contributed by atoms with E-state index in [1.165, 1.54) is 0 Å². The van der Waals surface area contributed by atoms with Gasteiger partial charge in [0, 0.05) is 38.1 Å². The maximum atomic E-state index is 4.23. The zero-order chi connectivity index (χ0) is 15.0. The zero-order valence-corrected chi connectivity index (χ0v) is 13.8. The van der Waals surface area contributed by atoms with Gasteiger partial charge in [-0.15, -0.1) is 13.2 Å². The molecule has 5 heteroatoms. The first-order valence-electron chi connectivity index (χ1n) is 6.75. The number of halogens is 1. The van der Waals surface area contributed by atoms with Crippen molar-refractivity contribution in [3.05, 3.63) is 42.2 Å². The molecule has 1 heterocycles. The number of hydrogen-bond donors (Lipinski definition) is 1. The van der Waals surface area contributed by atoms with Gasteiger partial charge in [-0.25, -0.2) is 9.97 Å². The summed E-state index contributed by atoms with van der Waals surface area (Å²) in [7, 11) is 0. The van der Waals surface area contributed by atoms with Crippen LogP contribution >= 0.6 is 15.9 Å². The van der Waals surface area contributed by atoms with Gasteiger partial charge in [-0.1, -0.05) is 26.0 Å². The van der Waals surface area contributed by atoms with Gasteiger partial charge in [0.25, 0.3) is 0 Å². The van der Waals surface area contributed by atoms with Crippen LogP contribution in [0, 0.1) is 5.92 Å². The van der Waals surface area contributed by atoms with Crippen LogP contribution < -0.4 is 5.32 Å². The fourth-order valence-corrected chi connectivity index (χ4v) is 2.27. The fraction of sp³-hybridized carbons (Fsp3) is 0.467. The highest BCUT2D eigenvalue weighted by Gasteiger charge is 2.20. The lowest BCUT2D eigenvalue weighted by molar-refractivity contribution is 0.199. The van der Waals surface area contributed by atoms with Crippen molar-refractivity contribution < 1.29 is 0 Å². The maximum absolute atomic E-state index is 4.23. The second-order valence-corrected chi connectivity index (χ2v) is 5.86. The molecule has 1 aromatic rings. The standard InChI is InChI=1S/C15H23BrN4/c1-5-7-20(8-6-2)14(12(3)4)11-19-15-17-9-13(16)10-18-15/h5-6,9-10,12,14H,1-2,7-8,11H2,3-4H3,(H,17,18,19). The Morgan fingerprint density at radius 1 is 1.25 bits per heavy atom. The molecule has 20 heavy (non-hydrogen) atoms. The highest BCUT2D eigenvalue weighted by molar-refractivity contribution is 9.10. The SMILES string of the molecule is C=CCN(CC=C)C(CNc1ncc(Br)cn1)C(C)C.